The summed E-state index contributed by atoms with van der Waals surface area (Å²) in [7, 11) is 1.98. The first-order valence-electron chi connectivity index (χ1n) is 16.6. The zero-order valence-corrected chi connectivity index (χ0v) is 29.5. The molecule has 0 aliphatic heterocycles. The van der Waals surface area contributed by atoms with Gasteiger partial charge in [-0.2, -0.15) is 0 Å². The van der Waals surface area contributed by atoms with Crippen LogP contribution in [0.15, 0.2) is 97.8 Å². The molecular weight excluding hydrogens is 536 g/mol. The maximum atomic E-state index is 4.29. The molecule has 1 aliphatic rings. The van der Waals surface area contributed by atoms with E-state index in [1.165, 1.54) is 35.2 Å². The lowest BCUT2D eigenvalue weighted by Gasteiger charge is -2.28. The molecule has 4 nitrogen and oxygen atoms in total. The lowest BCUT2D eigenvalue weighted by Crippen LogP contribution is -2.26. The Labute approximate surface area is 272 Å². The molecule has 0 bridgehead atoms. The minimum absolute atomic E-state index is 0.910. The van der Waals surface area contributed by atoms with Gasteiger partial charge in [-0.1, -0.05) is 108 Å². The Kier molecular flexibility index (Phi) is 23.9. The number of nitrogens with one attached hydrogen (secondary N) is 3. The van der Waals surface area contributed by atoms with Gasteiger partial charge >= 0.3 is 0 Å². The summed E-state index contributed by atoms with van der Waals surface area (Å²) in [5.41, 5.74) is 9.34. The van der Waals surface area contributed by atoms with Crippen molar-refractivity contribution < 1.29 is 0 Å². The summed E-state index contributed by atoms with van der Waals surface area (Å²) >= 11 is 0. The van der Waals surface area contributed by atoms with Crippen LogP contribution in [0.5, 0.6) is 0 Å². The summed E-state index contributed by atoms with van der Waals surface area (Å²) in [5.74, 6) is 0. The normalized spacial score (nSPS) is 11.0. The van der Waals surface area contributed by atoms with Gasteiger partial charge in [0.25, 0.3) is 0 Å². The summed E-state index contributed by atoms with van der Waals surface area (Å²) in [6.45, 7) is 30.8. The third-order valence-electron chi connectivity index (χ3n) is 6.98. The monoisotopic (exact) mass is 601 g/mol. The molecule has 3 rings (SSSR count). The molecule has 0 amide bonds. The van der Waals surface area contributed by atoms with E-state index < -0.39 is 0 Å². The lowest BCUT2D eigenvalue weighted by molar-refractivity contribution is 0.698. The van der Waals surface area contributed by atoms with E-state index in [-0.39, 0.29) is 0 Å². The second-order valence-corrected chi connectivity index (χ2v) is 11.0. The fourth-order valence-electron chi connectivity index (χ4n) is 4.18. The predicted molar refractivity (Wildman–Crippen MR) is 202 cm³/mol. The van der Waals surface area contributed by atoms with Crippen molar-refractivity contribution in [3.05, 3.63) is 114 Å². The molecule has 0 atom stereocenters. The van der Waals surface area contributed by atoms with E-state index in [1.54, 1.807) is 6.08 Å². The summed E-state index contributed by atoms with van der Waals surface area (Å²) in [6.07, 6.45) is 15.0. The van der Waals surface area contributed by atoms with Gasteiger partial charge in [0.05, 0.1) is 11.4 Å². The maximum absolute atomic E-state index is 4.29. The highest BCUT2D eigenvalue weighted by atomic mass is 15.1. The second kappa shape index (κ2) is 25.9. The standard InChI is InChI=1S/C25H38N4.C8H10.C4H10.C3H6/c1-6-17-29(18-7-2)25-14-13-23(20(3)27-16-10-15-26-5)19-24(25)28-21(4)22-11-8-9-12-22;1-7-5-3-4-6-8(7)2;1-3-4-2;1-3-2/h8-9,11,13-14,19,26-28H,3-4,6-7,10,12,15-18H2,1-2,5H3;3-6H,1-2H3;3-4H2,1-2H3;3H,1H2,2H3. The van der Waals surface area contributed by atoms with Crippen LogP contribution in [0.1, 0.15) is 89.8 Å². The molecule has 0 saturated carbocycles. The minimum Gasteiger partial charge on any atom is -0.385 e. The highest BCUT2D eigenvalue weighted by Gasteiger charge is 2.14. The van der Waals surface area contributed by atoms with Crippen LogP contribution in [0, 0.1) is 13.8 Å². The first-order chi connectivity index (χ1) is 21.2. The molecule has 0 spiro atoms. The van der Waals surface area contributed by atoms with Crippen molar-refractivity contribution in [1.82, 2.24) is 10.6 Å². The molecule has 0 aromatic heterocycles. The number of aryl methyl sites for hydroxylation is 2. The molecule has 2 aromatic carbocycles. The van der Waals surface area contributed by atoms with Gasteiger partial charge in [-0.15, -0.1) is 6.58 Å². The second-order valence-electron chi connectivity index (χ2n) is 11.0. The highest BCUT2D eigenvalue weighted by molar-refractivity contribution is 5.78. The number of benzene rings is 2. The third kappa shape index (κ3) is 17.0. The van der Waals surface area contributed by atoms with E-state index in [2.05, 4.69) is 143 Å². The lowest BCUT2D eigenvalue weighted by atomic mass is 10.1. The first kappa shape index (κ1) is 40.5. The Hall–Kier alpha value is -3.50. The SMILES string of the molecule is C=C(Nc1cc(C(=C)NCCCNC)ccc1N(CCC)CCC)C1=CC=CC1.C=CC.CCCC.Cc1ccccc1C. The van der Waals surface area contributed by atoms with Crippen molar-refractivity contribution in [3.63, 3.8) is 0 Å². The van der Waals surface area contributed by atoms with Crippen LogP contribution in [-0.2, 0) is 0 Å². The van der Waals surface area contributed by atoms with Crippen molar-refractivity contribution >= 4 is 17.1 Å². The van der Waals surface area contributed by atoms with Crippen LogP contribution in [0.3, 0.4) is 0 Å². The number of unbranched alkanes of at least 4 members (excludes halogenated alkanes) is 1. The number of hydrogen-bond donors (Lipinski definition) is 3. The Balaban J connectivity index is 0.00000101. The third-order valence-corrected chi connectivity index (χ3v) is 6.98. The first-order valence-corrected chi connectivity index (χ1v) is 16.6. The van der Waals surface area contributed by atoms with Crippen LogP contribution in [-0.4, -0.2) is 33.2 Å². The smallest absolute Gasteiger partial charge is 0.0628 e. The molecule has 2 aromatic rings. The number of anilines is 2. The fraction of sp³-hybridized carbons (Fsp3) is 0.450. The Morgan fingerprint density at radius 1 is 0.864 bits per heavy atom. The van der Waals surface area contributed by atoms with Crippen LogP contribution in [0.25, 0.3) is 5.70 Å². The molecule has 244 valence electrons. The Morgan fingerprint density at radius 2 is 1.45 bits per heavy atom. The summed E-state index contributed by atoms with van der Waals surface area (Å²) in [6, 6.07) is 15.0. The molecule has 1 aliphatic carbocycles. The number of nitrogens with zero attached hydrogens (tertiary/aromatic N) is 1. The van der Waals surface area contributed by atoms with Gasteiger partial charge in [0, 0.05) is 31.0 Å². The molecule has 3 N–H and O–H groups in total. The van der Waals surface area contributed by atoms with E-state index in [0.29, 0.717) is 0 Å². The Morgan fingerprint density at radius 3 is 1.91 bits per heavy atom. The molecule has 4 heteroatoms. The van der Waals surface area contributed by atoms with Gasteiger partial charge in [0.2, 0.25) is 0 Å². The quantitative estimate of drug-likeness (QED) is 0.140. The van der Waals surface area contributed by atoms with E-state index in [4.69, 9.17) is 0 Å². The van der Waals surface area contributed by atoms with Crippen LogP contribution in [0.4, 0.5) is 11.4 Å². The average Bonchev–Trinajstić information content (AvgIpc) is 3.57. The van der Waals surface area contributed by atoms with Crippen LogP contribution >= 0.6 is 0 Å². The zero-order valence-electron chi connectivity index (χ0n) is 29.5. The summed E-state index contributed by atoms with van der Waals surface area (Å²) in [5, 5.41) is 10.2. The summed E-state index contributed by atoms with van der Waals surface area (Å²) < 4.78 is 0. The fourth-order valence-corrected chi connectivity index (χ4v) is 4.18. The van der Waals surface area contributed by atoms with E-state index in [9.17, 15) is 0 Å². The number of rotatable bonds is 15. The average molecular weight is 601 g/mol. The Bertz CT molecular complexity index is 1110. The van der Waals surface area contributed by atoms with Crippen LogP contribution in [0.2, 0.25) is 0 Å². The molecule has 0 radical (unpaired) electrons. The topological polar surface area (TPSA) is 39.3 Å². The number of allylic oxidation sites excluding steroid dienone is 5. The van der Waals surface area contributed by atoms with Crippen molar-refractivity contribution in [2.75, 3.05) is 43.4 Å². The van der Waals surface area contributed by atoms with Crippen molar-refractivity contribution in [3.8, 4) is 0 Å². The van der Waals surface area contributed by atoms with Gasteiger partial charge in [0.1, 0.15) is 0 Å². The molecular formula is C40H64N4. The molecule has 0 fully saturated rings. The molecule has 0 heterocycles. The van der Waals surface area contributed by atoms with Crippen molar-refractivity contribution in [2.45, 2.75) is 87.0 Å². The largest absolute Gasteiger partial charge is 0.385 e. The maximum Gasteiger partial charge on any atom is 0.0628 e. The van der Waals surface area contributed by atoms with E-state index in [0.717, 1.165) is 74.5 Å². The number of hydrogen-bond acceptors (Lipinski definition) is 4. The van der Waals surface area contributed by atoms with E-state index >= 15 is 0 Å². The minimum atomic E-state index is 0.910. The van der Waals surface area contributed by atoms with Crippen LogP contribution < -0.4 is 20.9 Å². The molecule has 0 unspecified atom stereocenters. The van der Waals surface area contributed by atoms with Gasteiger partial charge in [-0.05, 0) is 94.4 Å². The molecule has 44 heavy (non-hydrogen) atoms. The predicted octanol–water partition coefficient (Wildman–Crippen LogP) is 10.6. The van der Waals surface area contributed by atoms with Crippen molar-refractivity contribution in [2.24, 2.45) is 0 Å². The van der Waals surface area contributed by atoms with Gasteiger partial charge < -0.3 is 20.9 Å². The highest BCUT2D eigenvalue weighted by Crippen LogP contribution is 2.32. The molecule has 0 saturated heterocycles. The zero-order chi connectivity index (χ0) is 33.2. The van der Waals surface area contributed by atoms with Gasteiger partial charge in [-0.25, -0.2) is 0 Å². The van der Waals surface area contributed by atoms with Gasteiger partial charge in [0.15, 0.2) is 0 Å². The van der Waals surface area contributed by atoms with E-state index in [1.807, 2.05) is 14.0 Å². The van der Waals surface area contributed by atoms with Crippen molar-refractivity contribution in [1.29, 1.82) is 0 Å². The summed E-state index contributed by atoms with van der Waals surface area (Å²) in [4.78, 5) is 2.46. The van der Waals surface area contributed by atoms with Gasteiger partial charge in [-0.3, -0.25) is 0 Å².